The van der Waals surface area contributed by atoms with Gasteiger partial charge in [-0.25, -0.2) is 0 Å². The molecule has 1 saturated heterocycles. The molecule has 4 heteroatoms. The Labute approximate surface area is 120 Å². The van der Waals surface area contributed by atoms with E-state index < -0.39 is 0 Å². The monoisotopic (exact) mass is 315 g/mol. The predicted molar refractivity (Wildman–Crippen MR) is 68.0 cm³/mol. The van der Waals surface area contributed by atoms with Gasteiger partial charge in [-0.3, -0.25) is 0 Å². The lowest BCUT2D eigenvalue weighted by Gasteiger charge is -2.39. The van der Waals surface area contributed by atoms with Crippen molar-refractivity contribution in [3.63, 3.8) is 0 Å². The van der Waals surface area contributed by atoms with Crippen molar-refractivity contribution in [2.45, 2.75) is 18.9 Å². The summed E-state index contributed by atoms with van der Waals surface area (Å²) < 4.78 is 6.74. The SMILES string of the molecule is C[N+]1(CCOc2ccccc2)CCC(O)CC1.[Br-]. The van der Waals surface area contributed by atoms with Crippen LogP contribution in [0.25, 0.3) is 0 Å². The standard InChI is InChI=1S/C14H22NO2.BrH/c1-15(9-7-13(16)8-10-15)11-12-17-14-5-3-2-4-6-14;/h2-6,13,16H,7-12H2,1H3;1H/q+1;/p-1. The zero-order chi connectivity index (χ0) is 12.1. The molecular weight excluding hydrogens is 294 g/mol. The first-order valence-electron chi connectivity index (χ1n) is 6.37. The lowest BCUT2D eigenvalue weighted by Crippen LogP contribution is -3.00. The number of hydrogen-bond acceptors (Lipinski definition) is 2. The van der Waals surface area contributed by atoms with E-state index in [1.165, 1.54) is 0 Å². The summed E-state index contributed by atoms with van der Waals surface area (Å²) in [7, 11) is 2.25. The van der Waals surface area contributed by atoms with Crippen LogP contribution in [0.4, 0.5) is 0 Å². The molecule has 1 N–H and O–H groups in total. The van der Waals surface area contributed by atoms with E-state index in [0.717, 1.165) is 49.3 Å². The van der Waals surface area contributed by atoms with Gasteiger partial charge in [0.25, 0.3) is 0 Å². The van der Waals surface area contributed by atoms with E-state index in [1.54, 1.807) is 0 Å². The van der Waals surface area contributed by atoms with Crippen LogP contribution in [0.2, 0.25) is 0 Å². The van der Waals surface area contributed by atoms with Crippen molar-refractivity contribution >= 4 is 0 Å². The largest absolute Gasteiger partial charge is 1.00 e. The first-order valence-corrected chi connectivity index (χ1v) is 6.37. The minimum Gasteiger partial charge on any atom is -1.00 e. The second kappa shape index (κ2) is 7.12. The lowest BCUT2D eigenvalue weighted by atomic mass is 10.1. The van der Waals surface area contributed by atoms with Crippen molar-refractivity contribution in [2.24, 2.45) is 0 Å². The summed E-state index contributed by atoms with van der Waals surface area (Å²) >= 11 is 0. The summed E-state index contributed by atoms with van der Waals surface area (Å²) in [6.45, 7) is 3.87. The number of para-hydroxylation sites is 1. The van der Waals surface area contributed by atoms with Gasteiger partial charge in [-0.1, -0.05) is 18.2 Å². The molecule has 3 nitrogen and oxygen atoms in total. The maximum atomic E-state index is 9.50. The quantitative estimate of drug-likeness (QED) is 0.698. The Hall–Kier alpha value is -0.580. The number of hydrogen-bond donors (Lipinski definition) is 1. The molecule has 0 unspecified atom stereocenters. The first-order chi connectivity index (χ1) is 8.18. The van der Waals surface area contributed by atoms with Crippen molar-refractivity contribution in [3.8, 4) is 5.75 Å². The maximum absolute atomic E-state index is 9.50. The van der Waals surface area contributed by atoms with Gasteiger partial charge >= 0.3 is 0 Å². The second-order valence-electron chi connectivity index (χ2n) is 5.18. The fourth-order valence-corrected chi connectivity index (χ4v) is 2.30. The van der Waals surface area contributed by atoms with Crippen LogP contribution in [0.1, 0.15) is 12.8 Å². The average Bonchev–Trinajstić information content (AvgIpc) is 2.35. The Kier molecular flexibility index (Phi) is 6.12. The van der Waals surface area contributed by atoms with E-state index >= 15 is 0 Å². The van der Waals surface area contributed by atoms with Crippen molar-refractivity contribution in [1.82, 2.24) is 0 Å². The normalized spacial score (nSPS) is 27.3. The Bertz CT molecular complexity index is 337. The molecule has 1 aliphatic rings. The number of rotatable bonds is 4. The summed E-state index contributed by atoms with van der Waals surface area (Å²) in [4.78, 5) is 0. The van der Waals surface area contributed by atoms with Crippen molar-refractivity contribution in [3.05, 3.63) is 30.3 Å². The molecule has 1 aromatic carbocycles. The summed E-state index contributed by atoms with van der Waals surface area (Å²) in [6, 6.07) is 9.94. The number of likely N-dealkylation sites (tertiary alicyclic amines) is 1. The molecule has 2 rings (SSSR count). The molecule has 1 aromatic rings. The zero-order valence-corrected chi connectivity index (χ0v) is 12.5. The molecule has 1 heterocycles. The van der Waals surface area contributed by atoms with E-state index in [9.17, 15) is 5.11 Å². The molecule has 1 fully saturated rings. The van der Waals surface area contributed by atoms with E-state index in [2.05, 4.69) is 7.05 Å². The van der Waals surface area contributed by atoms with Crippen LogP contribution >= 0.6 is 0 Å². The number of halogens is 1. The fraction of sp³-hybridized carbons (Fsp3) is 0.571. The Morgan fingerprint density at radius 2 is 1.83 bits per heavy atom. The van der Waals surface area contributed by atoms with Gasteiger partial charge in [0.15, 0.2) is 0 Å². The van der Waals surface area contributed by atoms with Gasteiger partial charge in [-0.05, 0) is 12.1 Å². The highest BCUT2D eigenvalue weighted by Crippen LogP contribution is 2.17. The van der Waals surface area contributed by atoms with Gasteiger partial charge in [0.2, 0.25) is 0 Å². The van der Waals surface area contributed by atoms with Gasteiger partial charge in [-0.15, -0.1) is 0 Å². The summed E-state index contributed by atoms with van der Waals surface area (Å²) in [5, 5.41) is 9.50. The molecule has 0 radical (unpaired) electrons. The predicted octanol–water partition coefficient (Wildman–Crippen LogP) is -1.33. The zero-order valence-electron chi connectivity index (χ0n) is 10.9. The highest BCUT2D eigenvalue weighted by molar-refractivity contribution is 5.20. The van der Waals surface area contributed by atoms with Crippen LogP contribution in [-0.2, 0) is 0 Å². The van der Waals surface area contributed by atoms with Crippen LogP contribution in [0.3, 0.4) is 0 Å². The highest BCUT2D eigenvalue weighted by Gasteiger charge is 2.28. The average molecular weight is 316 g/mol. The third-order valence-electron chi connectivity index (χ3n) is 3.65. The maximum Gasteiger partial charge on any atom is 0.137 e. The van der Waals surface area contributed by atoms with Crippen LogP contribution in [0, 0.1) is 0 Å². The Balaban J connectivity index is 0.00000162. The van der Waals surface area contributed by atoms with Crippen molar-refractivity contribution < 1.29 is 31.3 Å². The molecule has 0 saturated carbocycles. The van der Waals surface area contributed by atoms with Crippen molar-refractivity contribution in [2.75, 3.05) is 33.3 Å². The van der Waals surface area contributed by atoms with Gasteiger partial charge in [0.05, 0.1) is 26.2 Å². The third kappa shape index (κ3) is 4.59. The molecule has 102 valence electrons. The molecule has 0 aromatic heterocycles. The van der Waals surface area contributed by atoms with Crippen LogP contribution < -0.4 is 21.7 Å². The number of likely N-dealkylation sites (N-methyl/N-ethyl adjacent to an activating group) is 1. The van der Waals surface area contributed by atoms with Gasteiger partial charge in [0, 0.05) is 12.8 Å². The first kappa shape index (κ1) is 15.5. The number of benzene rings is 1. The number of aliphatic hydroxyl groups excluding tert-OH is 1. The number of quaternary nitrogens is 1. The minimum absolute atomic E-state index is 0. The molecule has 0 bridgehead atoms. The number of piperidine rings is 1. The molecule has 18 heavy (non-hydrogen) atoms. The molecule has 0 spiro atoms. The van der Waals surface area contributed by atoms with Gasteiger partial charge in [0.1, 0.15) is 18.9 Å². The lowest BCUT2D eigenvalue weighted by molar-refractivity contribution is -0.915. The number of aliphatic hydroxyl groups is 1. The van der Waals surface area contributed by atoms with E-state index in [-0.39, 0.29) is 23.1 Å². The Morgan fingerprint density at radius 1 is 1.22 bits per heavy atom. The van der Waals surface area contributed by atoms with Crippen molar-refractivity contribution in [1.29, 1.82) is 0 Å². The molecule has 0 amide bonds. The molecule has 0 aliphatic carbocycles. The number of ether oxygens (including phenoxy) is 1. The van der Waals surface area contributed by atoms with E-state index in [0.29, 0.717) is 0 Å². The van der Waals surface area contributed by atoms with E-state index in [4.69, 9.17) is 4.74 Å². The van der Waals surface area contributed by atoms with Gasteiger partial charge in [-0.2, -0.15) is 0 Å². The Morgan fingerprint density at radius 3 is 2.44 bits per heavy atom. The highest BCUT2D eigenvalue weighted by atomic mass is 79.9. The summed E-state index contributed by atoms with van der Waals surface area (Å²) in [5.41, 5.74) is 0. The smallest absolute Gasteiger partial charge is 0.137 e. The van der Waals surface area contributed by atoms with Crippen LogP contribution in [-0.4, -0.2) is 49.0 Å². The molecule has 1 aliphatic heterocycles. The third-order valence-corrected chi connectivity index (χ3v) is 3.65. The van der Waals surface area contributed by atoms with E-state index in [1.807, 2.05) is 30.3 Å². The summed E-state index contributed by atoms with van der Waals surface area (Å²) in [6.07, 6.45) is 1.75. The number of nitrogens with zero attached hydrogens (tertiary/aromatic N) is 1. The summed E-state index contributed by atoms with van der Waals surface area (Å²) in [5.74, 6) is 0.941. The second-order valence-corrected chi connectivity index (χ2v) is 5.18. The molecular formula is C14H22BrNO2. The van der Waals surface area contributed by atoms with Crippen LogP contribution in [0.5, 0.6) is 5.75 Å². The van der Waals surface area contributed by atoms with Gasteiger partial charge < -0.3 is 31.3 Å². The minimum atomic E-state index is -0.0868. The topological polar surface area (TPSA) is 29.5 Å². The molecule has 0 atom stereocenters. The van der Waals surface area contributed by atoms with Crippen LogP contribution in [0.15, 0.2) is 30.3 Å². The fourth-order valence-electron chi connectivity index (χ4n) is 2.30.